The highest BCUT2D eigenvalue weighted by Gasteiger charge is 2.45. The summed E-state index contributed by atoms with van der Waals surface area (Å²) in [5.41, 5.74) is 5.71. The number of rotatable bonds is 4. The molecule has 170 valence electrons. The van der Waals surface area contributed by atoms with Crippen molar-refractivity contribution < 1.29 is 9.13 Å². The fourth-order valence-corrected chi connectivity index (χ4v) is 5.42. The maximum atomic E-state index is 14.5. The van der Waals surface area contributed by atoms with Crippen molar-refractivity contribution in [1.82, 2.24) is 20.3 Å². The predicted molar refractivity (Wildman–Crippen MR) is 126 cm³/mol. The van der Waals surface area contributed by atoms with E-state index in [1.54, 1.807) is 18.3 Å². The minimum atomic E-state index is -0.264. The molecule has 0 amide bonds. The second-order valence-electron chi connectivity index (χ2n) is 9.43. The molecule has 1 spiro atoms. The van der Waals surface area contributed by atoms with Gasteiger partial charge in [-0.05, 0) is 61.7 Å². The smallest absolute Gasteiger partial charge is 0.324 e. The molecule has 1 aromatic carbocycles. The summed E-state index contributed by atoms with van der Waals surface area (Å²) < 4.78 is 20.5. The summed E-state index contributed by atoms with van der Waals surface area (Å²) in [7, 11) is 1.82. The van der Waals surface area contributed by atoms with Crippen molar-refractivity contribution in [2.75, 3.05) is 43.4 Å². The van der Waals surface area contributed by atoms with Gasteiger partial charge in [0.1, 0.15) is 17.4 Å². The zero-order chi connectivity index (χ0) is 22.6. The average Bonchev–Trinajstić information content (AvgIpc) is 3.16. The lowest BCUT2D eigenvalue weighted by molar-refractivity contribution is 0.156. The molecule has 2 fully saturated rings. The molecule has 33 heavy (non-hydrogen) atoms. The number of anilines is 2. The molecule has 4 heterocycles. The quantitative estimate of drug-likeness (QED) is 0.492. The van der Waals surface area contributed by atoms with Gasteiger partial charge in [-0.15, -0.1) is 0 Å². The number of pyridine rings is 1. The number of ether oxygens (including phenoxy) is 1. The van der Waals surface area contributed by atoms with Crippen LogP contribution in [0.4, 0.5) is 15.9 Å². The number of benzene rings is 1. The number of halogens is 1. The lowest BCUT2D eigenvalue weighted by Gasteiger charge is -2.53. The maximum Gasteiger partial charge on any atom is 0.324 e. The van der Waals surface area contributed by atoms with Crippen LogP contribution in [0.3, 0.4) is 0 Å². The minimum Gasteiger partial charge on any atom is -0.423 e. The van der Waals surface area contributed by atoms with Crippen LogP contribution in [0.15, 0.2) is 30.5 Å². The zero-order valence-corrected chi connectivity index (χ0v) is 18.9. The van der Waals surface area contributed by atoms with Crippen LogP contribution in [-0.4, -0.2) is 48.2 Å². The van der Waals surface area contributed by atoms with Crippen LogP contribution >= 0.6 is 0 Å². The molecule has 0 radical (unpaired) electrons. The number of aryl methyl sites for hydroxylation is 1. The van der Waals surface area contributed by atoms with Crippen LogP contribution in [-0.2, 0) is 6.42 Å². The number of piperidine rings is 1. The van der Waals surface area contributed by atoms with E-state index >= 15 is 0 Å². The Morgan fingerprint density at radius 2 is 2.09 bits per heavy atom. The fraction of sp³-hybridized carbons (Fsp3) is 0.400. The monoisotopic (exact) mass is 446 g/mol. The second kappa shape index (κ2) is 7.66. The molecule has 0 bridgehead atoms. The molecule has 6 rings (SSSR count). The first kappa shape index (κ1) is 20.4. The lowest BCUT2D eigenvalue weighted by Crippen LogP contribution is -2.62. The van der Waals surface area contributed by atoms with Gasteiger partial charge in [-0.3, -0.25) is 4.98 Å². The van der Waals surface area contributed by atoms with Crippen LogP contribution in [0, 0.1) is 18.2 Å². The maximum absolute atomic E-state index is 14.5. The third-order valence-corrected chi connectivity index (χ3v) is 7.05. The van der Waals surface area contributed by atoms with E-state index in [4.69, 9.17) is 14.7 Å². The van der Waals surface area contributed by atoms with Crippen molar-refractivity contribution in [3.05, 3.63) is 53.2 Å². The number of hydrogen-bond donors (Lipinski definition) is 2. The largest absolute Gasteiger partial charge is 0.423 e. The molecule has 7 nitrogen and oxygen atoms in total. The molecule has 3 aliphatic rings. The highest BCUT2D eigenvalue weighted by atomic mass is 19.1. The molecule has 1 aliphatic carbocycles. The Labute approximate surface area is 192 Å². The lowest BCUT2D eigenvalue weighted by atomic mass is 9.74. The fourth-order valence-electron chi connectivity index (χ4n) is 5.42. The van der Waals surface area contributed by atoms with Crippen LogP contribution in [0.25, 0.3) is 11.1 Å². The van der Waals surface area contributed by atoms with Gasteiger partial charge in [0.2, 0.25) is 0 Å². The Morgan fingerprint density at radius 3 is 2.82 bits per heavy atom. The number of nitrogens with zero attached hydrogens (tertiary/aromatic N) is 4. The molecule has 0 atom stereocenters. The van der Waals surface area contributed by atoms with E-state index in [-0.39, 0.29) is 11.2 Å². The number of fused-ring (bicyclic) bond motifs is 3. The van der Waals surface area contributed by atoms with Gasteiger partial charge in [0, 0.05) is 55.5 Å². The van der Waals surface area contributed by atoms with Crippen LogP contribution < -0.4 is 20.3 Å². The summed E-state index contributed by atoms with van der Waals surface area (Å²) >= 11 is 0. The van der Waals surface area contributed by atoms with Gasteiger partial charge in [-0.25, -0.2) is 4.39 Å². The van der Waals surface area contributed by atoms with E-state index in [0.717, 1.165) is 65.8 Å². The summed E-state index contributed by atoms with van der Waals surface area (Å²) in [4.78, 5) is 16.2. The Balaban J connectivity index is 1.42. The SMILES string of the molecule is CNc1cc(F)cc2c1Cc1nc(Oc3ccc(C)nc3)nc(N3CC4(CCCNC4)C3)c1-2. The summed E-state index contributed by atoms with van der Waals surface area (Å²) in [5.74, 6) is 1.16. The minimum absolute atomic E-state index is 0.264. The van der Waals surface area contributed by atoms with Crippen molar-refractivity contribution in [3.8, 4) is 22.9 Å². The standard InChI is InChI=1S/C25H27FN6O/c1-15-4-5-17(11-29-15)33-24-30-21-10-18-19(8-16(26)9-20(18)27-2)22(21)23(31-24)32-13-25(14-32)6-3-7-28-12-25/h4-5,8-9,11,27-28H,3,6-7,10,12-14H2,1-2H3. The molecule has 8 heteroatoms. The molecule has 2 saturated heterocycles. The van der Waals surface area contributed by atoms with Crippen LogP contribution in [0.1, 0.15) is 29.8 Å². The van der Waals surface area contributed by atoms with Crippen molar-refractivity contribution in [3.63, 3.8) is 0 Å². The summed E-state index contributed by atoms with van der Waals surface area (Å²) in [6.07, 6.45) is 4.71. The topological polar surface area (TPSA) is 75.2 Å². The summed E-state index contributed by atoms with van der Waals surface area (Å²) in [6.45, 7) is 5.91. The van der Waals surface area contributed by atoms with Crippen LogP contribution in [0.5, 0.6) is 11.8 Å². The van der Waals surface area contributed by atoms with Gasteiger partial charge in [-0.1, -0.05) is 0 Å². The molecule has 0 saturated carbocycles. The van der Waals surface area contributed by atoms with Gasteiger partial charge < -0.3 is 20.3 Å². The number of hydrogen-bond acceptors (Lipinski definition) is 7. The van der Waals surface area contributed by atoms with Crippen molar-refractivity contribution in [2.45, 2.75) is 26.2 Å². The van der Waals surface area contributed by atoms with Crippen molar-refractivity contribution >= 4 is 11.5 Å². The van der Waals surface area contributed by atoms with Gasteiger partial charge in [-0.2, -0.15) is 9.97 Å². The van der Waals surface area contributed by atoms with Crippen LogP contribution in [0.2, 0.25) is 0 Å². The number of aromatic nitrogens is 3. The first-order chi connectivity index (χ1) is 16.0. The average molecular weight is 447 g/mol. The molecular formula is C25H27FN6O. The second-order valence-corrected chi connectivity index (χ2v) is 9.43. The Bertz CT molecular complexity index is 1210. The third kappa shape index (κ3) is 3.49. The van der Waals surface area contributed by atoms with E-state index in [1.165, 1.54) is 12.8 Å². The molecular weight excluding hydrogens is 419 g/mol. The predicted octanol–water partition coefficient (Wildman–Crippen LogP) is 3.91. The Morgan fingerprint density at radius 1 is 1.21 bits per heavy atom. The van der Waals surface area contributed by atoms with Gasteiger partial charge in [0.15, 0.2) is 0 Å². The first-order valence-electron chi connectivity index (χ1n) is 11.5. The van der Waals surface area contributed by atoms with Gasteiger partial charge in [0.05, 0.1) is 11.9 Å². The zero-order valence-electron chi connectivity index (χ0n) is 18.9. The summed E-state index contributed by atoms with van der Waals surface area (Å²) in [5, 5.41) is 6.68. The first-order valence-corrected chi connectivity index (χ1v) is 11.5. The van der Waals surface area contributed by atoms with Crippen molar-refractivity contribution in [2.24, 2.45) is 5.41 Å². The Kier molecular flexibility index (Phi) is 4.72. The van der Waals surface area contributed by atoms with Crippen molar-refractivity contribution in [1.29, 1.82) is 0 Å². The van der Waals surface area contributed by atoms with Gasteiger partial charge >= 0.3 is 6.01 Å². The summed E-state index contributed by atoms with van der Waals surface area (Å²) in [6, 6.07) is 7.22. The molecule has 0 unspecified atom stereocenters. The highest BCUT2D eigenvalue weighted by Crippen LogP contribution is 2.48. The van der Waals surface area contributed by atoms with E-state index < -0.39 is 0 Å². The molecule has 2 aliphatic heterocycles. The molecule has 2 aromatic heterocycles. The van der Waals surface area contributed by atoms with E-state index in [0.29, 0.717) is 18.2 Å². The molecule has 2 N–H and O–H groups in total. The van der Waals surface area contributed by atoms with E-state index in [2.05, 4.69) is 20.5 Å². The number of nitrogens with one attached hydrogen (secondary N) is 2. The van der Waals surface area contributed by atoms with Gasteiger partial charge in [0.25, 0.3) is 0 Å². The Hall–Kier alpha value is -3.26. The highest BCUT2D eigenvalue weighted by molar-refractivity contribution is 5.88. The third-order valence-electron chi connectivity index (χ3n) is 7.05. The van der Waals surface area contributed by atoms with E-state index in [9.17, 15) is 4.39 Å². The normalized spacial score (nSPS) is 18.0. The molecule has 3 aromatic rings. The van der Waals surface area contributed by atoms with E-state index in [1.807, 2.05) is 26.1 Å².